The smallest absolute Gasteiger partial charge is 0.325 e. The van der Waals surface area contributed by atoms with Gasteiger partial charge in [0.25, 0.3) is 0 Å². The summed E-state index contributed by atoms with van der Waals surface area (Å²) in [5.41, 5.74) is 2.08. The van der Waals surface area contributed by atoms with E-state index in [1.807, 2.05) is 29.7 Å². The van der Waals surface area contributed by atoms with Crippen LogP contribution in [0.3, 0.4) is 0 Å². The van der Waals surface area contributed by atoms with Crippen LogP contribution in [-0.2, 0) is 0 Å². The summed E-state index contributed by atoms with van der Waals surface area (Å²) in [6.07, 6.45) is 1.76. The van der Waals surface area contributed by atoms with Gasteiger partial charge in [-0.2, -0.15) is 5.10 Å². The zero-order valence-electron chi connectivity index (χ0n) is 15.9. The van der Waals surface area contributed by atoms with Crippen molar-refractivity contribution in [3.8, 4) is 5.75 Å². The van der Waals surface area contributed by atoms with Crippen molar-refractivity contribution in [1.82, 2.24) is 15.1 Å². The van der Waals surface area contributed by atoms with Crippen molar-refractivity contribution in [3.63, 3.8) is 0 Å². The molecule has 2 amide bonds. The van der Waals surface area contributed by atoms with E-state index in [-0.39, 0.29) is 17.5 Å². The summed E-state index contributed by atoms with van der Waals surface area (Å²) in [5.74, 6) is 1.59. The van der Waals surface area contributed by atoms with Gasteiger partial charge in [0.2, 0.25) is 0 Å². The summed E-state index contributed by atoms with van der Waals surface area (Å²) >= 11 is 6.07. The number of likely N-dealkylation sites (tertiary alicyclic amines) is 1. The van der Waals surface area contributed by atoms with Crippen LogP contribution in [0.5, 0.6) is 5.75 Å². The van der Waals surface area contributed by atoms with Crippen molar-refractivity contribution in [2.45, 2.75) is 19.9 Å². The van der Waals surface area contributed by atoms with Gasteiger partial charge in [-0.05, 0) is 37.6 Å². The molecule has 1 spiro atoms. The number of hydrogen-bond acceptors (Lipinski definition) is 5. The first-order valence-corrected chi connectivity index (χ1v) is 9.87. The van der Waals surface area contributed by atoms with Gasteiger partial charge in [0, 0.05) is 42.7 Å². The van der Waals surface area contributed by atoms with Gasteiger partial charge in [-0.1, -0.05) is 11.6 Å². The molecule has 28 heavy (non-hydrogen) atoms. The van der Waals surface area contributed by atoms with Gasteiger partial charge in [-0.15, -0.1) is 5.10 Å². The molecule has 0 bridgehead atoms. The lowest BCUT2D eigenvalue weighted by atomic mass is 9.73. The van der Waals surface area contributed by atoms with Gasteiger partial charge in [0.05, 0.1) is 17.9 Å². The Bertz CT molecular complexity index is 938. The van der Waals surface area contributed by atoms with Crippen LogP contribution in [0.4, 0.5) is 16.3 Å². The Labute approximate surface area is 168 Å². The number of halogens is 1. The second-order valence-electron chi connectivity index (χ2n) is 8.23. The summed E-state index contributed by atoms with van der Waals surface area (Å²) in [6, 6.07) is 7.51. The molecule has 2 aromatic rings. The normalized spacial score (nSPS) is 22.2. The van der Waals surface area contributed by atoms with Crippen LogP contribution in [0.25, 0.3) is 0 Å². The van der Waals surface area contributed by atoms with Crippen LogP contribution < -0.4 is 14.5 Å². The number of aromatic nitrogens is 2. The largest absolute Gasteiger partial charge is 0.489 e. The Morgan fingerprint density at radius 3 is 2.79 bits per heavy atom. The maximum Gasteiger partial charge on any atom is 0.325 e. The van der Waals surface area contributed by atoms with Crippen LogP contribution in [0, 0.1) is 12.3 Å². The molecule has 1 unspecified atom stereocenters. The predicted molar refractivity (Wildman–Crippen MR) is 107 cm³/mol. The third-order valence-electron chi connectivity index (χ3n) is 5.79. The molecule has 0 aliphatic carbocycles. The molecule has 0 radical (unpaired) electrons. The Hall–Kier alpha value is -2.54. The van der Waals surface area contributed by atoms with E-state index in [0.29, 0.717) is 17.4 Å². The minimum Gasteiger partial charge on any atom is -0.489 e. The molecule has 8 heteroatoms. The molecule has 2 saturated heterocycles. The molecule has 5 rings (SSSR count). The average Bonchev–Trinajstić information content (AvgIpc) is 2.59. The highest BCUT2D eigenvalue weighted by Gasteiger charge is 2.54. The van der Waals surface area contributed by atoms with Crippen molar-refractivity contribution < 1.29 is 9.53 Å². The van der Waals surface area contributed by atoms with E-state index >= 15 is 0 Å². The van der Waals surface area contributed by atoms with Gasteiger partial charge in [-0.25, -0.2) is 4.79 Å². The molecule has 1 aromatic heterocycles. The lowest BCUT2D eigenvalue weighted by molar-refractivity contribution is 0.00849. The second kappa shape index (κ2) is 6.24. The van der Waals surface area contributed by atoms with E-state index in [1.54, 1.807) is 18.3 Å². The van der Waals surface area contributed by atoms with Crippen LogP contribution in [0.2, 0.25) is 5.02 Å². The minimum absolute atomic E-state index is 0.0156. The number of amides is 2. The number of urea groups is 1. The molecule has 1 aromatic carbocycles. The molecule has 3 aliphatic rings. The third kappa shape index (κ3) is 2.76. The van der Waals surface area contributed by atoms with Gasteiger partial charge >= 0.3 is 6.03 Å². The lowest BCUT2D eigenvalue weighted by Crippen LogP contribution is -2.74. The Morgan fingerprint density at radius 1 is 1.25 bits per heavy atom. The summed E-state index contributed by atoms with van der Waals surface area (Å²) in [7, 11) is 0. The van der Waals surface area contributed by atoms with Crippen molar-refractivity contribution in [2.24, 2.45) is 5.41 Å². The molecule has 0 N–H and O–H groups in total. The van der Waals surface area contributed by atoms with Crippen molar-refractivity contribution >= 4 is 29.1 Å². The van der Waals surface area contributed by atoms with E-state index in [0.717, 1.165) is 43.2 Å². The Balaban J connectivity index is 1.26. The van der Waals surface area contributed by atoms with E-state index in [2.05, 4.69) is 21.2 Å². The first kappa shape index (κ1) is 17.6. The highest BCUT2D eigenvalue weighted by molar-refractivity contribution is 6.30. The molecule has 146 valence electrons. The molecule has 2 fully saturated rings. The molecule has 0 saturated carbocycles. The van der Waals surface area contributed by atoms with Gasteiger partial charge in [0.1, 0.15) is 12.4 Å². The minimum atomic E-state index is -0.0156. The van der Waals surface area contributed by atoms with Crippen molar-refractivity contribution in [3.05, 3.63) is 41.0 Å². The van der Waals surface area contributed by atoms with E-state index in [4.69, 9.17) is 16.3 Å². The quantitative estimate of drug-likeness (QED) is 0.737. The maximum absolute atomic E-state index is 13.2. The fourth-order valence-corrected chi connectivity index (χ4v) is 4.56. The van der Waals surface area contributed by atoms with E-state index in [1.165, 1.54) is 0 Å². The monoisotopic (exact) mass is 399 g/mol. The standard InChI is InChI=1S/C20H22ClN5O2/c1-13-5-18(23-22-7-13)24-9-20(10-24)11-25(12-20)19(27)26-14(2)8-28-17-6-15(21)3-4-16(17)26/h3-7,14H,8-12H2,1-2H3. The number of carbonyl (C=O) groups is 1. The highest BCUT2D eigenvalue weighted by Crippen LogP contribution is 2.43. The molecule has 1 atom stereocenters. The number of benzene rings is 1. The van der Waals surface area contributed by atoms with Crippen LogP contribution in [-0.4, -0.2) is 60.0 Å². The fourth-order valence-electron chi connectivity index (χ4n) is 4.40. The first-order valence-electron chi connectivity index (χ1n) is 9.49. The zero-order chi connectivity index (χ0) is 19.5. The number of nitrogens with zero attached hydrogens (tertiary/aromatic N) is 5. The lowest BCUT2D eigenvalue weighted by Gasteiger charge is -2.61. The average molecular weight is 400 g/mol. The number of aryl methyl sites for hydroxylation is 1. The van der Waals surface area contributed by atoms with Crippen LogP contribution in [0.15, 0.2) is 30.5 Å². The van der Waals surface area contributed by atoms with Crippen LogP contribution in [0.1, 0.15) is 12.5 Å². The molecule has 7 nitrogen and oxygen atoms in total. The highest BCUT2D eigenvalue weighted by atomic mass is 35.5. The zero-order valence-corrected chi connectivity index (χ0v) is 16.7. The SMILES string of the molecule is Cc1cnnc(N2CC3(CN(C(=O)N4c5ccc(Cl)cc5OCC4C)C3)C2)c1. The van der Waals surface area contributed by atoms with E-state index < -0.39 is 0 Å². The topological polar surface area (TPSA) is 61.8 Å². The number of anilines is 2. The fraction of sp³-hybridized carbons (Fsp3) is 0.450. The maximum atomic E-state index is 13.2. The van der Waals surface area contributed by atoms with Gasteiger partial charge in [0.15, 0.2) is 5.82 Å². The summed E-state index contributed by atoms with van der Waals surface area (Å²) < 4.78 is 5.76. The molecular formula is C20H22ClN5O2. The summed E-state index contributed by atoms with van der Waals surface area (Å²) in [5, 5.41) is 8.86. The number of hydrogen-bond donors (Lipinski definition) is 0. The molecular weight excluding hydrogens is 378 g/mol. The first-order chi connectivity index (χ1) is 13.4. The van der Waals surface area contributed by atoms with Crippen molar-refractivity contribution in [1.29, 1.82) is 0 Å². The van der Waals surface area contributed by atoms with Gasteiger partial charge in [-0.3, -0.25) is 4.90 Å². The number of fused-ring (bicyclic) bond motifs is 1. The Kier molecular flexibility index (Phi) is 3.91. The van der Waals surface area contributed by atoms with Crippen LogP contribution >= 0.6 is 11.6 Å². The third-order valence-corrected chi connectivity index (χ3v) is 6.02. The number of carbonyl (C=O) groups excluding carboxylic acids is 1. The summed E-state index contributed by atoms with van der Waals surface area (Å²) in [4.78, 5) is 19.2. The van der Waals surface area contributed by atoms with E-state index in [9.17, 15) is 4.79 Å². The second-order valence-corrected chi connectivity index (χ2v) is 8.66. The van der Waals surface area contributed by atoms with Gasteiger partial charge < -0.3 is 14.5 Å². The number of rotatable bonds is 1. The number of ether oxygens (including phenoxy) is 1. The molecule has 4 heterocycles. The Morgan fingerprint density at radius 2 is 2.04 bits per heavy atom. The summed E-state index contributed by atoms with van der Waals surface area (Å²) in [6.45, 7) is 7.87. The molecule has 3 aliphatic heterocycles. The van der Waals surface area contributed by atoms with Crippen molar-refractivity contribution in [2.75, 3.05) is 42.6 Å². The predicted octanol–water partition coefficient (Wildman–Crippen LogP) is 2.97.